The number of ether oxygens (including phenoxy) is 1. The van der Waals surface area contributed by atoms with Crippen molar-refractivity contribution in [2.45, 2.75) is 32.4 Å². The smallest absolute Gasteiger partial charge is 0.272 e. The van der Waals surface area contributed by atoms with E-state index in [0.717, 1.165) is 6.42 Å². The normalized spacial score (nSPS) is 24.1. The number of carbonyl (C=O) groups is 1. The fourth-order valence-corrected chi connectivity index (χ4v) is 2.11. The molecule has 2 rings (SSSR count). The Bertz CT molecular complexity index is 439. The first-order chi connectivity index (χ1) is 8.61. The molecule has 1 aliphatic rings. The molecule has 18 heavy (non-hydrogen) atoms. The maximum atomic E-state index is 13.0. The van der Waals surface area contributed by atoms with Gasteiger partial charge in [-0.25, -0.2) is 4.98 Å². The summed E-state index contributed by atoms with van der Waals surface area (Å²) in [5.41, 5.74) is 0.155. The summed E-state index contributed by atoms with van der Waals surface area (Å²) in [5.74, 6) is -0.855. The van der Waals surface area contributed by atoms with Gasteiger partial charge < -0.3 is 9.64 Å². The Kier molecular flexibility index (Phi) is 3.91. The predicted octanol–water partition coefficient (Wildman–Crippen LogP) is 1.86. The highest BCUT2D eigenvalue weighted by Gasteiger charge is 2.30. The largest absolute Gasteiger partial charge is 0.375 e. The van der Waals surface area contributed by atoms with Crippen LogP contribution in [0.1, 0.15) is 30.8 Å². The summed E-state index contributed by atoms with van der Waals surface area (Å²) in [6, 6.07) is 4.31. The van der Waals surface area contributed by atoms with E-state index in [0.29, 0.717) is 13.2 Å². The molecule has 0 saturated carbocycles. The van der Waals surface area contributed by atoms with Crippen LogP contribution in [-0.4, -0.2) is 41.1 Å². The van der Waals surface area contributed by atoms with Gasteiger partial charge in [0.2, 0.25) is 5.95 Å². The molecular formula is C13H17FN2O2. The van der Waals surface area contributed by atoms with Gasteiger partial charge in [-0.2, -0.15) is 4.39 Å². The Labute approximate surface area is 106 Å². The lowest BCUT2D eigenvalue weighted by Crippen LogP contribution is -2.51. The monoisotopic (exact) mass is 252 g/mol. The van der Waals surface area contributed by atoms with Crippen molar-refractivity contribution in [1.29, 1.82) is 0 Å². The van der Waals surface area contributed by atoms with Crippen molar-refractivity contribution < 1.29 is 13.9 Å². The molecule has 2 atom stereocenters. The minimum atomic E-state index is -0.629. The number of hydrogen-bond acceptors (Lipinski definition) is 3. The van der Waals surface area contributed by atoms with Gasteiger partial charge in [-0.15, -0.1) is 0 Å². The molecule has 1 saturated heterocycles. The van der Waals surface area contributed by atoms with Gasteiger partial charge in [0.05, 0.1) is 18.8 Å². The van der Waals surface area contributed by atoms with Crippen LogP contribution >= 0.6 is 0 Å². The van der Waals surface area contributed by atoms with E-state index in [4.69, 9.17) is 4.74 Å². The molecule has 0 aromatic carbocycles. The van der Waals surface area contributed by atoms with Crippen LogP contribution in [0.15, 0.2) is 18.2 Å². The van der Waals surface area contributed by atoms with Gasteiger partial charge in [0.25, 0.3) is 5.91 Å². The van der Waals surface area contributed by atoms with Crippen LogP contribution in [0.2, 0.25) is 0 Å². The third kappa shape index (κ3) is 2.67. The number of nitrogens with zero attached hydrogens (tertiary/aromatic N) is 2. The van der Waals surface area contributed by atoms with Gasteiger partial charge in [-0.1, -0.05) is 13.0 Å². The number of morpholine rings is 1. The number of pyridine rings is 1. The Balaban J connectivity index is 2.20. The zero-order valence-electron chi connectivity index (χ0n) is 10.6. The summed E-state index contributed by atoms with van der Waals surface area (Å²) in [7, 11) is 0. The molecule has 1 aromatic rings. The van der Waals surface area contributed by atoms with E-state index in [1.807, 2.05) is 13.8 Å². The molecule has 1 amide bonds. The van der Waals surface area contributed by atoms with E-state index in [2.05, 4.69) is 4.98 Å². The highest BCUT2D eigenvalue weighted by Crippen LogP contribution is 2.17. The average Bonchev–Trinajstić information content (AvgIpc) is 2.38. The first-order valence-corrected chi connectivity index (χ1v) is 6.17. The predicted molar refractivity (Wildman–Crippen MR) is 64.7 cm³/mol. The van der Waals surface area contributed by atoms with Crippen molar-refractivity contribution >= 4 is 5.91 Å². The van der Waals surface area contributed by atoms with Crippen LogP contribution < -0.4 is 0 Å². The molecule has 98 valence electrons. The van der Waals surface area contributed by atoms with Crippen molar-refractivity contribution in [3.8, 4) is 0 Å². The standard InChI is InChI=1S/C13H17FN2O2/c1-3-10-8-18-9(2)7-16(10)13(17)11-5-4-6-12(14)15-11/h4-6,9-10H,3,7-8H2,1-2H3. The fraction of sp³-hybridized carbons (Fsp3) is 0.538. The fourth-order valence-electron chi connectivity index (χ4n) is 2.11. The summed E-state index contributed by atoms with van der Waals surface area (Å²) in [5, 5.41) is 0. The second-order valence-corrected chi connectivity index (χ2v) is 4.51. The lowest BCUT2D eigenvalue weighted by atomic mass is 10.1. The SMILES string of the molecule is CCC1COC(C)CN1C(=O)c1cccc(F)n1. The van der Waals surface area contributed by atoms with Crippen LogP contribution in [0, 0.1) is 5.95 Å². The van der Waals surface area contributed by atoms with E-state index in [1.54, 1.807) is 4.90 Å². The molecule has 1 aliphatic heterocycles. The van der Waals surface area contributed by atoms with Gasteiger partial charge in [0.1, 0.15) is 5.69 Å². The first-order valence-electron chi connectivity index (χ1n) is 6.17. The molecule has 1 aromatic heterocycles. The zero-order chi connectivity index (χ0) is 13.1. The molecule has 0 spiro atoms. The highest BCUT2D eigenvalue weighted by atomic mass is 19.1. The van der Waals surface area contributed by atoms with Crippen LogP contribution in [0.4, 0.5) is 4.39 Å². The molecule has 0 aliphatic carbocycles. The van der Waals surface area contributed by atoms with E-state index in [1.165, 1.54) is 18.2 Å². The molecule has 1 fully saturated rings. The van der Waals surface area contributed by atoms with E-state index >= 15 is 0 Å². The van der Waals surface area contributed by atoms with E-state index in [-0.39, 0.29) is 23.7 Å². The van der Waals surface area contributed by atoms with Gasteiger partial charge in [0.15, 0.2) is 0 Å². The number of halogens is 1. The van der Waals surface area contributed by atoms with Crippen LogP contribution in [-0.2, 0) is 4.74 Å². The molecule has 2 heterocycles. The van der Waals surface area contributed by atoms with Crippen LogP contribution in [0.3, 0.4) is 0 Å². The van der Waals surface area contributed by atoms with Crippen LogP contribution in [0.5, 0.6) is 0 Å². The molecule has 0 radical (unpaired) electrons. The number of carbonyl (C=O) groups excluding carboxylic acids is 1. The first kappa shape index (κ1) is 13.0. The Morgan fingerprint density at radius 2 is 2.39 bits per heavy atom. The van der Waals surface area contributed by atoms with Crippen molar-refractivity contribution in [2.24, 2.45) is 0 Å². The molecule has 0 N–H and O–H groups in total. The minimum Gasteiger partial charge on any atom is -0.375 e. The second kappa shape index (κ2) is 5.44. The number of amides is 1. The Morgan fingerprint density at radius 1 is 1.61 bits per heavy atom. The lowest BCUT2D eigenvalue weighted by Gasteiger charge is -2.38. The number of rotatable bonds is 2. The summed E-state index contributed by atoms with van der Waals surface area (Å²) >= 11 is 0. The topological polar surface area (TPSA) is 42.4 Å². The molecular weight excluding hydrogens is 235 g/mol. The lowest BCUT2D eigenvalue weighted by molar-refractivity contribution is -0.0446. The quantitative estimate of drug-likeness (QED) is 0.754. The van der Waals surface area contributed by atoms with Crippen LogP contribution in [0.25, 0.3) is 0 Å². The molecule has 2 unspecified atom stereocenters. The van der Waals surface area contributed by atoms with Crippen molar-refractivity contribution in [3.05, 3.63) is 29.8 Å². The van der Waals surface area contributed by atoms with Gasteiger partial charge >= 0.3 is 0 Å². The molecule has 5 heteroatoms. The minimum absolute atomic E-state index is 0.00492. The van der Waals surface area contributed by atoms with Gasteiger partial charge in [0, 0.05) is 6.54 Å². The number of aromatic nitrogens is 1. The maximum absolute atomic E-state index is 13.0. The summed E-state index contributed by atoms with van der Waals surface area (Å²) < 4.78 is 18.6. The molecule has 4 nitrogen and oxygen atoms in total. The Hall–Kier alpha value is -1.49. The maximum Gasteiger partial charge on any atom is 0.272 e. The average molecular weight is 252 g/mol. The van der Waals surface area contributed by atoms with Crippen molar-refractivity contribution in [2.75, 3.05) is 13.2 Å². The summed E-state index contributed by atoms with van der Waals surface area (Å²) in [6.45, 7) is 4.97. The zero-order valence-corrected chi connectivity index (χ0v) is 10.6. The van der Waals surface area contributed by atoms with E-state index < -0.39 is 5.95 Å². The third-order valence-electron chi connectivity index (χ3n) is 3.13. The van der Waals surface area contributed by atoms with E-state index in [9.17, 15) is 9.18 Å². The number of hydrogen-bond donors (Lipinski definition) is 0. The third-order valence-corrected chi connectivity index (χ3v) is 3.13. The second-order valence-electron chi connectivity index (χ2n) is 4.51. The van der Waals surface area contributed by atoms with Crippen molar-refractivity contribution in [3.63, 3.8) is 0 Å². The summed E-state index contributed by atoms with van der Waals surface area (Å²) in [6.07, 6.45) is 0.818. The highest BCUT2D eigenvalue weighted by molar-refractivity contribution is 5.92. The molecule has 0 bridgehead atoms. The van der Waals surface area contributed by atoms with Gasteiger partial charge in [-0.05, 0) is 25.5 Å². The Morgan fingerprint density at radius 3 is 3.06 bits per heavy atom. The van der Waals surface area contributed by atoms with Gasteiger partial charge in [-0.3, -0.25) is 4.79 Å². The summed E-state index contributed by atoms with van der Waals surface area (Å²) in [4.78, 5) is 17.7. The van der Waals surface area contributed by atoms with Crippen molar-refractivity contribution in [1.82, 2.24) is 9.88 Å².